The number of nitrogens with zero attached hydrogens (tertiary/aromatic N) is 1. The number of nitrogens with one attached hydrogen (secondary N) is 1. The highest BCUT2D eigenvalue weighted by Crippen LogP contribution is 2.58. The van der Waals surface area contributed by atoms with E-state index in [0.29, 0.717) is 12.4 Å². The van der Waals surface area contributed by atoms with E-state index in [1.54, 1.807) is 6.21 Å². The molecule has 5 heteroatoms. The third kappa shape index (κ3) is 5.05. The van der Waals surface area contributed by atoms with Gasteiger partial charge < -0.3 is 4.74 Å². The monoisotopic (exact) mass is 524 g/mol. The van der Waals surface area contributed by atoms with E-state index in [1.165, 1.54) is 0 Å². The molecule has 5 rings (SSSR count). The van der Waals surface area contributed by atoms with Gasteiger partial charge in [-0.25, -0.2) is 5.43 Å². The van der Waals surface area contributed by atoms with Crippen molar-refractivity contribution in [3.63, 3.8) is 0 Å². The molecule has 1 amide bonds. The summed E-state index contributed by atoms with van der Waals surface area (Å²) < 4.78 is 6.93. The summed E-state index contributed by atoms with van der Waals surface area (Å²) in [4.78, 5) is 13.2. The Morgan fingerprint density at radius 2 is 1.51 bits per heavy atom. The molecular formula is C30H25BrN2O2. The molecular weight excluding hydrogens is 500 g/mol. The minimum Gasteiger partial charge on any atom is -0.488 e. The van der Waals surface area contributed by atoms with Crippen LogP contribution in [0.4, 0.5) is 0 Å². The maximum atomic E-state index is 13.2. The molecule has 35 heavy (non-hydrogen) atoms. The lowest BCUT2D eigenvalue weighted by Gasteiger charge is -2.18. The summed E-state index contributed by atoms with van der Waals surface area (Å²) in [6.07, 6.45) is 2.39. The Kier molecular flexibility index (Phi) is 6.77. The van der Waals surface area contributed by atoms with E-state index in [1.807, 2.05) is 84.9 Å². The summed E-state index contributed by atoms with van der Waals surface area (Å²) in [5.41, 5.74) is 6.62. The number of rotatable bonds is 8. The average Bonchev–Trinajstić information content (AvgIpc) is 3.67. The molecule has 1 aliphatic rings. The second kappa shape index (κ2) is 10.3. The van der Waals surface area contributed by atoms with Gasteiger partial charge >= 0.3 is 0 Å². The molecule has 174 valence electrons. The molecule has 1 saturated carbocycles. The Morgan fingerprint density at radius 1 is 0.914 bits per heavy atom. The van der Waals surface area contributed by atoms with Crippen LogP contribution in [-0.2, 0) is 16.8 Å². The van der Waals surface area contributed by atoms with Crippen molar-refractivity contribution in [2.75, 3.05) is 0 Å². The van der Waals surface area contributed by atoms with Gasteiger partial charge in [0, 0.05) is 15.5 Å². The summed E-state index contributed by atoms with van der Waals surface area (Å²) in [6.45, 7) is 0.453. The molecule has 1 aliphatic carbocycles. The van der Waals surface area contributed by atoms with Gasteiger partial charge in [0.2, 0.25) is 5.91 Å². The van der Waals surface area contributed by atoms with Crippen LogP contribution in [0.15, 0.2) is 119 Å². The number of ether oxygens (including phenoxy) is 1. The topological polar surface area (TPSA) is 50.7 Å². The summed E-state index contributed by atoms with van der Waals surface area (Å²) in [7, 11) is 0. The Labute approximate surface area is 213 Å². The zero-order chi connectivity index (χ0) is 24.1. The van der Waals surface area contributed by atoms with Gasteiger partial charge in [0.25, 0.3) is 0 Å². The fourth-order valence-corrected chi connectivity index (χ4v) is 4.96. The van der Waals surface area contributed by atoms with Crippen LogP contribution in [0.25, 0.3) is 0 Å². The highest BCUT2D eigenvalue weighted by Gasteiger charge is 2.60. The summed E-state index contributed by atoms with van der Waals surface area (Å²) >= 11 is 3.51. The summed E-state index contributed by atoms with van der Waals surface area (Å²) in [5.74, 6) is 0.431. The minimum atomic E-state index is -0.318. The van der Waals surface area contributed by atoms with E-state index in [-0.39, 0.29) is 17.2 Å². The first-order valence-corrected chi connectivity index (χ1v) is 12.4. The van der Waals surface area contributed by atoms with Gasteiger partial charge in [-0.15, -0.1) is 0 Å². The van der Waals surface area contributed by atoms with Crippen molar-refractivity contribution in [2.45, 2.75) is 18.4 Å². The van der Waals surface area contributed by atoms with Gasteiger partial charge in [0.05, 0.1) is 12.1 Å². The Bertz CT molecular complexity index is 1290. The predicted octanol–water partition coefficient (Wildman–Crippen LogP) is 6.48. The van der Waals surface area contributed by atoms with E-state index < -0.39 is 0 Å². The van der Waals surface area contributed by atoms with Crippen molar-refractivity contribution in [2.24, 2.45) is 11.0 Å². The molecule has 0 spiro atoms. The third-order valence-electron chi connectivity index (χ3n) is 6.44. The van der Waals surface area contributed by atoms with Gasteiger partial charge in [-0.1, -0.05) is 107 Å². The predicted molar refractivity (Wildman–Crippen MR) is 142 cm³/mol. The quantitative estimate of drug-likeness (QED) is 0.211. The number of carbonyl (C=O) groups is 1. The molecule has 0 bridgehead atoms. The fourth-order valence-electron chi connectivity index (χ4n) is 4.59. The van der Waals surface area contributed by atoms with Gasteiger partial charge in [-0.05, 0) is 41.3 Å². The average molecular weight is 525 g/mol. The van der Waals surface area contributed by atoms with E-state index in [0.717, 1.165) is 33.1 Å². The molecule has 0 unspecified atom stereocenters. The molecule has 0 aromatic heterocycles. The molecule has 0 heterocycles. The van der Waals surface area contributed by atoms with Crippen molar-refractivity contribution >= 4 is 28.1 Å². The highest BCUT2D eigenvalue weighted by molar-refractivity contribution is 9.10. The standard InChI is InChI=1S/C30H25BrN2O2/c31-26-16-17-28(35-21-22-10-4-1-5-11-22)23(18-26)20-32-33-29(34)27-19-30(27,24-12-6-2-7-13-24)25-14-8-3-9-15-25/h1-18,20,27H,19,21H2,(H,33,34)/b32-20-/t27-/m0/s1. The summed E-state index contributed by atoms with van der Waals surface area (Å²) in [6, 6.07) is 36.2. The van der Waals surface area contributed by atoms with Gasteiger partial charge in [0.15, 0.2) is 0 Å². The number of benzene rings is 4. The second-order valence-corrected chi connectivity index (χ2v) is 9.57. The van der Waals surface area contributed by atoms with Crippen molar-refractivity contribution in [1.29, 1.82) is 0 Å². The molecule has 4 aromatic carbocycles. The number of hydrogen-bond acceptors (Lipinski definition) is 3. The van der Waals surface area contributed by atoms with Crippen molar-refractivity contribution < 1.29 is 9.53 Å². The molecule has 1 fully saturated rings. The maximum absolute atomic E-state index is 13.2. The normalized spacial score (nSPS) is 16.1. The number of hydrogen-bond donors (Lipinski definition) is 1. The van der Waals surface area contributed by atoms with Crippen LogP contribution in [-0.4, -0.2) is 12.1 Å². The number of amides is 1. The van der Waals surface area contributed by atoms with E-state index in [9.17, 15) is 4.79 Å². The molecule has 4 nitrogen and oxygen atoms in total. The summed E-state index contributed by atoms with van der Waals surface area (Å²) in [5, 5.41) is 4.29. The van der Waals surface area contributed by atoms with Crippen LogP contribution in [0.2, 0.25) is 0 Å². The smallest absolute Gasteiger partial charge is 0.244 e. The third-order valence-corrected chi connectivity index (χ3v) is 6.94. The van der Waals surface area contributed by atoms with Crippen LogP contribution >= 0.6 is 15.9 Å². The lowest BCUT2D eigenvalue weighted by molar-refractivity contribution is -0.122. The molecule has 0 radical (unpaired) electrons. The number of hydrazone groups is 1. The van der Waals surface area contributed by atoms with Crippen LogP contribution in [0.3, 0.4) is 0 Å². The number of carbonyl (C=O) groups excluding carboxylic acids is 1. The van der Waals surface area contributed by atoms with Gasteiger partial charge in [-0.3, -0.25) is 4.79 Å². The lowest BCUT2D eigenvalue weighted by atomic mass is 9.85. The Hall–Kier alpha value is -3.70. The maximum Gasteiger partial charge on any atom is 0.244 e. The van der Waals surface area contributed by atoms with Gasteiger partial charge in [0.1, 0.15) is 12.4 Å². The first kappa shape index (κ1) is 23.1. The van der Waals surface area contributed by atoms with Crippen molar-refractivity contribution in [1.82, 2.24) is 5.43 Å². The fraction of sp³-hybridized carbons (Fsp3) is 0.133. The Morgan fingerprint density at radius 3 is 2.14 bits per heavy atom. The SMILES string of the molecule is O=C(N/N=C\c1cc(Br)ccc1OCc1ccccc1)[C@@H]1CC1(c1ccccc1)c1ccccc1. The first-order valence-electron chi connectivity index (χ1n) is 11.6. The van der Waals surface area contributed by atoms with Crippen molar-refractivity contribution in [3.8, 4) is 5.75 Å². The Balaban J connectivity index is 1.30. The van der Waals surface area contributed by atoms with Crippen molar-refractivity contribution in [3.05, 3.63) is 136 Å². The van der Waals surface area contributed by atoms with E-state index in [2.05, 4.69) is 50.7 Å². The molecule has 4 aromatic rings. The van der Waals surface area contributed by atoms with Crippen LogP contribution in [0, 0.1) is 5.92 Å². The van der Waals surface area contributed by atoms with Crippen LogP contribution in [0.1, 0.15) is 28.7 Å². The van der Waals surface area contributed by atoms with Crippen LogP contribution < -0.4 is 10.2 Å². The largest absolute Gasteiger partial charge is 0.488 e. The zero-order valence-electron chi connectivity index (χ0n) is 19.1. The van der Waals surface area contributed by atoms with E-state index in [4.69, 9.17) is 4.74 Å². The van der Waals surface area contributed by atoms with Gasteiger partial charge in [-0.2, -0.15) is 5.10 Å². The van der Waals surface area contributed by atoms with E-state index >= 15 is 0 Å². The second-order valence-electron chi connectivity index (χ2n) is 8.65. The molecule has 0 saturated heterocycles. The molecule has 1 N–H and O–H groups in total. The lowest BCUT2D eigenvalue weighted by Crippen LogP contribution is -2.25. The molecule has 0 aliphatic heterocycles. The van der Waals surface area contributed by atoms with Crippen LogP contribution in [0.5, 0.6) is 5.75 Å². The first-order chi connectivity index (χ1) is 17.2. The molecule has 1 atom stereocenters. The highest BCUT2D eigenvalue weighted by atomic mass is 79.9. The zero-order valence-corrected chi connectivity index (χ0v) is 20.7. The number of halogens is 1. The minimum absolute atomic E-state index is 0.0873.